The summed E-state index contributed by atoms with van der Waals surface area (Å²) in [5, 5.41) is 0. The highest BCUT2D eigenvalue weighted by Gasteiger charge is 2.40. The van der Waals surface area contributed by atoms with Crippen molar-refractivity contribution in [2.75, 3.05) is 19.6 Å². The number of fused-ring (bicyclic) bond motifs is 4. The van der Waals surface area contributed by atoms with Gasteiger partial charge in [0.05, 0.1) is 0 Å². The van der Waals surface area contributed by atoms with Crippen LogP contribution in [0.1, 0.15) is 31.7 Å². The summed E-state index contributed by atoms with van der Waals surface area (Å²) in [6, 6.07) is 4.84. The Labute approximate surface area is 143 Å². The predicted molar refractivity (Wildman–Crippen MR) is 91.9 cm³/mol. The van der Waals surface area contributed by atoms with Crippen molar-refractivity contribution in [2.45, 2.75) is 50.9 Å². The zero-order valence-electron chi connectivity index (χ0n) is 14.3. The average molecular weight is 329 g/mol. The molecule has 6 nitrogen and oxygen atoms in total. The highest BCUT2D eigenvalue weighted by molar-refractivity contribution is 5.82. The number of hydrogen-bond donors (Lipinski definition) is 2. The monoisotopic (exact) mass is 329 g/mol. The zero-order chi connectivity index (χ0) is 16.5. The van der Waals surface area contributed by atoms with Crippen LogP contribution in [0.4, 0.5) is 0 Å². The van der Waals surface area contributed by atoms with Crippen LogP contribution in [0.5, 0.6) is 0 Å². The van der Waals surface area contributed by atoms with Crippen LogP contribution in [0.25, 0.3) is 0 Å². The summed E-state index contributed by atoms with van der Waals surface area (Å²) < 4.78 is 0. The summed E-state index contributed by atoms with van der Waals surface area (Å²) >= 11 is 0. The number of carbonyl (C=O) groups excluding carboxylic acids is 1. The Kier molecular flexibility index (Phi) is 4.52. The van der Waals surface area contributed by atoms with Crippen molar-refractivity contribution in [3.63, 3.8) is 0 Å². The minimum absolute atomic E-state index is 0.0620. The molecule has 1 aromatic rings. The van der Waals surface area contributed by atoms with Crippen molar-refractivity contribution in [1.82, 2.24) is 25.6 Å². The molecule has 130 valence electrons. The van der Waals surface area contributed by atoms with Crippen molar-refractivity contribution in [1.29, 1.82) is 0 Å². The smallest absolute Gasteiger partial charge is 0.241 e. The van der Waals surface area contributed by atoms with Gasteiger partial charge in [-0.15, -0.1) is 0 Å². The second kappa shape index (κ2) is 6.78. The van der Waals surface area contributed by atoms with Crippen molar-refractivity contribution in [2.24, 2.45) is 5.92 Å². The second-order valence-corrected chi connectivity index (χ2v) is 7.62. The van der Waals surface area contributed by atoms with Crippen molar-refractivity contribution >= 4 is 5.91 Å². The van der Waals surface area contributed by atoms with E-state index < -0.39 is 0 Å². The van der Waals surface area contributed by atoms with Gasteiger partial charge in [-0.2, -0.15) is 0 Å². The van der Waals surface area contributed by atoms with Crippen LogP contribution >= 0.6 is 0 Å². The number of hydrazine groups is 1. The lowest BCUT2D eigenvalue weighted by atomic mass is 9.94. The van der Waals surface area contributed by atoms with Crippen molar-refractivity contribution < 1.29 is 4.79 Å². The standard InChI is InChI=1S/C18H27N5O/c1-13-8-17(21-20-13)18(24)23-11-15-2-3-16(23)12-22(10-15)9-14-4-6-19-7-5-14/h4-7,13,15-17,20-21H,2-3,8-12H2,1H3/t13?,15-,16+,17?/m0/s1. The fraction of sp³-hybridized carbons (Fsp3) is 0.667. The number of nitrogens with zero attached hydrogens (tertiary/aromatic N) is 3. The minimum atomic E-state index is -0.0620. The Balaban J connectivity index is 1.44. The van der Waals surface area contributed by atoms with Gasteiger partial charge in [0.2, 0.25) is 5.91 Å². The minimum Gasteiger partial charge on any atom is -0.337 e. The SMILES string of the molecule is CC1CC(C(=O)N2C[C@H]3CC[C@@H]2CN(Cc2ccncc2)C3)NN1. The summed E-state index contributed by atoms with van der Waals surface area (Å²) in [5.74, 6) is 0.883. The summed E-state index contributed by atoms with van der Waals surface area (Å²) in [5.41, 5.74) is 7.65. The molecule has 1 aromatic heterocycles. The number of carbonyl (C=O) groups is 1. The fourth-order valence-corrected chi connectivity index (χ4v) is 4.40. The van der Waals surface area contributed by atoms with Crippen LogP contribution in [0, 0.1) is 5.92 Å². The lowest BCUT2D eigenvalue weighted by Crippen LogP contribution is -2.53. The van der Waals surface area contributed by atoms with Gasteiger partial charge in [0.15, 0.2) is 0 Å². The van der Waals surface area contributed by atoms with E-state index in [1.807, 2.05) is 12.4 Å². The van der Waals surface area contributed by atoms with E-state index in [9.17, 15) is 4.79 Å². The third-order valence-electron chi connectivity index (χ3n) is 5.62. The summed E-state index contributed by atoms with van der Waals surface area (Å²) in [7, 11) is 0. The van der Waals surface area contributed by atoms with E-state index in [2.05, 4.69) is 44.7 Å². The maximum Gasteiger partial charge on any atom is 0.241 e. The number of amides is 1. The zero-order valence-corrected chi connectivity index (χ0v) is 14.3. The first kappa shape index (κ1) is 16.0. The number of pyridine rings is 1. The molecule has 0 aromatic carbocycles. The van der Waals surface area contributed by atoms with Crippen LogP contribution in [0.2, 0.25) is 0 Å². The molecule has 6 heteroatoms. The molecule has 5 rings (SSSR count). The van der Waals surface area contributed by atoms with E-state index in [0.717, 1.165) is 39.0 Å². The van der Waals surface area contributed by atoms with Crippen LogP contribution in [-0.4, -0.2) is 58.5 Å². The Hall–Kier alpha value is -1.50. The molecule has 2 bridgehead atoms. The number of rotatable bonds is 3. The van der Waals surface area contributed by atoms with Gasteiger partial charge in [0.1, 0.15) is 6.04 Å². The number of nitrogens with one attached hydrogen (secondary N) is 2. The molecule has 0 saturated carbocycles. The highest BCUT2D eigenvalue weighted by atomic mass is 16.2. The number of hydrogen-bond acceptors (Lipinski definition) is 5. The highest BCUT2D eigenvalue weighted by Crippen LogP contribution is 2.29. The van der Waals surface area contributed by atoms with Crippen molar-refractivity contribution in [3.05, 3.63) is 30.1 Å². The molecule has 0 aliphatic carbocycles. The number of aromatic nitrogens is 1. The summed E-state index contributed by atoms with van der Waals surface area (Å²) in [6.45, 7) is 6.07. The fourth-order valence-electron chi connectivity index (χ4n) is 4.40. The molecule has 24 heavy (non-hydrogen) atoms. The van der Waals surface area contributed by atoms with E-state index >= 15 is 0 Å². The van der Waals surface area contributed by atoms with Crippen LogP contribution < -0.4 is 10.9 Å². The van der Waals surface area contributed by atoms with E-state index in [1.54, 1.807) is 0 Å². The third kappa shape index (κ3) is 3.31. The maximum atomic E-state index is 13.0. The molecule has 2 N–H and O–H groups in total. The lowest BCUT2D eigenvalue weighted by molar-refractivity contribution is -0.137. The molecular formula is C18H27N5O. The van der Waals surface area contributed by atoms with Gasteiger partial charge >= 0.3 is 0 Å². The molecular weight excluding hydrogens is 302 g/mol. The predicted octanol–water partition coefficient (Wildman–Crippen LogP) is 0.759. The number of piperidine rings is 1. The Bertz CT molecular complexity index is 580. The van der Waals surface area contributed by atoms with Gasteiger partial charge in [0, 0.05) is 50.7 Å². The van der Waals surface area contributed by atoms with Crippen molar-refractivity contribution in [3.8, 4) is 0 Å². The van der Waals surface area contributed by atoms with E-state index in [1.165, 1.54) is 12.0 Å². The van der Waals surface area contributed by atoms with Gasteiger partial charge < -0.3 is 4.90 Å². The quantitative estimate of drug-likeness (QED) is 0.857. The first-order chi connectivity index (χ1) is 11.7. The van der Waals surface area contributed by atoms with Gasteiger partial charge in [-0.05, 0) is 49.8 Å². The van der Waals surface area contributed by atoms with E-state index in [4.69, 9.17) is 0 Å². The Morgan fingerprint density at radius 3 is 2.79 bits per heavy atom. The molecule has 4 saturated heterocycles. The van der Waals surface area contributed by atoms with Gasteiger partial charge in [-0.25, -0.2) is 5.43 Å². The van der Waals surface area contributed by atoms with E-state index in [0.29, 0.717) is 18.0 Å². The molecule has 4 atom stereocenters. The Morgan fingerprint density at radius 2 is 2.04 bits per heavy atom. The molecule has 5 heterocycles. The largest absolute Gasteiger partial charge is 0.337 e. The maximum absolute atomic E-state index is 13.0. The van der Waals surface area contributed by atoms with Gasteiger partial charge in [-0.1, -0.05) is 0 Å². The van der Waals surface area contributed by atoms with Crippen LogP contribution in [0.3, 0.4) is 0 Å². The molecule has 4 aliphatic heterocycles. The second-order valence-electron chi connectivity index (χ2n) is 7.62. The lowest BCUT2D eigenvalue weighted by Gasteiger charge is -2.37. The van der Waals surface area contributed by atoms with Gasteiger partial charge in [0.25, 0.3) is 0 Å². The molecule has 2 unspecified atom stereocenters. The topological polar surface area (TPSA) is 60.5 Å². The molecule has 1 amide bonds. The van der Waals surface area contributed by atoms with Gasteiger partial charge in [-0.3, -0.25) is 20.1 Å². The third-order valence-corrected chi connectivity index (χ3v) is 5.62. The average Bonchev–Trinajstić information content (AvgIpc) is 2.84. The van der Waals surface area contributed by atoms with E-state index in [-0.39, 0.29) is 11.9 Å². The molecule has 4 aliphatic rings. The first-order valence-electron chi connectivity index (χ1n) is 9.12. The Morgan fingerprint density at radius 1 is 1.21 bits per heavy atom. The summed E-state index contributed by atoms with van der Waals surface area (Å²) in [6.07, 6.45) is 6.98. The summed E-state index contributed by atoms with van der Waals surface area (Å²) in [4.78, 5) is 21.7. The van der Waals surface area contributed by atoms with Crippen LogP contribution in [0.15, 0.2) is 24.5 Å². The van der Waals surface area contributed by atoms with Crippen LogP contribution in [-0.2, 0) is 11.3 Å². The molecule has 0 spiro atoms. The molecule has 4 fully saturated rings. The first-order valence-corrected chi connectivity index (χ1v) is 9.12. The normalized spacial score (nSPS) is 33.6. The molecule has 0 radical (unpaired) electrons.